The van der Waals surface area contributed by atoms with Crippen LogP contribution in [0, 0.1) is 6.92 Å². The highest BCUT2D eigenvalue weighted by Gasteiger charge is 2.51. The topological polar surface area (TPSA) is 40.9 Å². The number of furan rings is 1. The molecule has 0 radical (unpaired) electrons. The van der Waals surface area contributed by atoms with E-state index >= 15 is 0 Å². The number of hydrogen-bond donors (Lipinski definition) is 1. The summed E-state index contributed by atoms with van der Waals surface area (Å²) < 4.78 is 12.6. The van der Waals surface area contributed by atoms with Crippen LogP contribution in [0.2, 0.25) is 0 Å². The molecular formula is C26H27N3O2. The second kappa shape index (κ2) is 7.29. The number of benzene rings is 2. The van der Waals surface area contributed by atoms with Gasteiger partial charge in [-0.15, -0.1) is 0 Å². The van der Waals surface area contributed by atoms with Gasteiger partial charge in [0, 0.05) is 38.0 Å². The normalized spacial score (nSPS) is 22.4. The number of piperidine rings is 1. The maximum absolute atomic E-state index is 6.74. The second-order valence-corrected chi connectivity index (χ2v) is 8.77. The first kappa shape index (κ1) is 18.7. The maximum Gasteiger partial charge on any atom is 0.182 e. The molecule has 0 aliphatic carbocycles. The lowest BCUT2D eigenvalue weighted by Gasteiger charge is -2.51. The highest BCUT2D eigenvalue weighted by Crippen LogP contribution is 2.48. The van der Waals surface area contributed by atoms with Gasteiger partial charge in [-0.3, -0.25) is 4.90 Å². The standard InChI is InChI=1S/C26H27N3O2/c1-19-11-12-25(30-19)22-17-23-21-9-5-6-10-24(21)31-26(29(23)27-22)13-15-28(16-14-26)18-20-7-3-2-4-8-20/h2-12,17,23,27H,13-16,18H2,1H3/t23-/m0/s1. The van der Waals surface area contributed by atoms with E-state index in [1.165, 1.54) is 11.1 Å². The molecule has 4 heterocycles. The van der Waals surface area contributed by atoms with Crippen molar-refractivity contribution < 1.29 is 9.15 Å². The lowest BCUT2D eigenvalue weighted by Crippen LogP contribution is -2.63. The Morgan fingerprint density at radius 1 is 0.968 bits per heavy atom. The molecule has 5 nitrogen and oxygen atoms in total. The zero-order valence-electron chi connectivity index (χ0n) is 17.8. The Hall–Kier alpha value is -3.02. The summed E-state index contributed by atoms with van der Waals surface area (Å²) in [5.74, 6) is 2.79. The molecule has 1 fully saturated rings. The third-order valence-corrected chi connectivity index (χ3v) is 6.71. The fraction of sp³-hybridized carbons (Fsp3) is 0.308. The van der Waals surface area contributed by atoms with Crippen LogP contribution in [0.15, 0.2) is 77.2 Å². The summed E-state index contributed by atoms with van der Waals surface area (Å²) in [6.45, 7) is 4.96. The number of rotatable bonds is 3. The molecule has 1 N–H and O–H groups in total. The molecule has 3 aliphatic rings. The molecule has 6 rings (SSSR count). The predicted molar refractivity (Wildman–Crippen MR) is 120 cm³/mol. The number of hydrazine groups is 1. The summed E-state index contributed by atoms with van der Waals surface area (Å²) in [6.07, 6.45) is 4.16. The molecule has 0 amide bonds. The van der Waals surface area contributed by atoms with E-state index in [2.05, 4.69) is 76.0 Å². The van der Waals surface area contributed by atoms with E-state index in [0.29, 0.717) is 0 Å². The van der Waals surface area contributed by atoms with Crippen LogP contribution in [-0.2, 0) is 6.54 Å². The molecule has 3 aromatic rings. The van der Waals surface area contributed by atoms with Crippen molar-refractivity contribution in [3.63, 3.8) is 0 Å². The highest BCUT2D eigenvalue weighted by molar-refractivity contribution is 5.64. The van der Waals surface area contributed by atoms with Gasteiger partial charge in [-0.2, -0.15) is 5.01 Å². The van der Waals surface area contributed by atoms with Crippen LogP contribution in [0.3, 0.4) is 0 Å². The minimum Gasteiger partial charge on any atom is -0.470 e. The van der Waals surface area contributed by atoms with Gasteiger partial charge in [0.25, 0.3) is 0 Å². The Morgan fingerprint density at radius 2 is 1.74 bits per heavy atom. The van der Waals surface area contributed by atoms with Crippen molar-refractivity contribution in [1.29, 1.82) is 0 Å². The van der Waals surface area contributed by atoms with Gasteiger partial charge in [0.15, 0.2) is 11.5 Å². The Bertz CT molecular complexity index is 1110. The number of para-hydroxylation sites is 1. The average Bonchev–Trinajstić information content (AvgIpc) is 3.44. The molecule has 1 saturated heterocycles. The molecule has 2 aromatic carbocycles. The van der Waals surface area contributed by atoms with Crippen LogP contribution in [0.4, 0.5) is 0 Å². The Morgan fingerprint density at radius 3 is 2.52 bits per heavy atom. The van der Waals surface area contributed by atoms with Crippen molar-refractivity contribution in [3.8, 4) is 5.75 Å². The van der Waals surface area contributed by atoms with Crippen LogP contribution in [-0.4, -0.2) is 28.7 Å². The van der Waals surface area contributed by atoms with Crippen LogP contribution in [0.5, 0.6) is 5.75 Å². The molecule has 5 heteroatoms. The van der Waals surface area contributed by atoms with E-state index in [-0.39, 0.29) is 11.8 Å². The number of aryl methyl sites for hydroxylation is 1. The molecule has 31 heavy (non-hydrogen) atoms. The zero-order chi connectivity index (χ0) is 20.8. The van der Waals surface area contributed by atoms with Crippen molar-refractivity contribution in [1.82, 2.24) is 15.3 Å². The van der Waals surface area contributed by atoms with E-state index in [1.807, 2.05) is 19.1 Å². The predicted octanol–water partition coefficient (Wildman–Crippen LogP) is 4.88. The number of nitrogens with one attached hydrogen (secondary N) is 1. The number of ether oxygens (including phenoxy) is 1. The fourth-order valence-electron chi connectivity index (χ4n) is 5.09. The molecule has 0 saturated carbocycles. The molecule has 158 valence electrons. The molecule has 0 bridgehead atoms. The Labute approximate surface area is 182 Å². The van der Waals surface area contributed by atoms with Crippen LogP contribution in [0.25, 0.3) is 5.70 Å². The first-order chi connectivity index (χ1) is 15.2. The third-order valence-electron chi connectivity index (χ3n) is 6.71. The van der Waals surface area contributed by atoms with Gasteiger partial charge in [0.1, 0.15) is 11.5 Å². The third kappa shape index (κ3) is 3.25. The minimum atomic E-state index is -0.369. The van der Waals surface area contributed by atoms with Gasteiger partial charge < -0.3 is 14.6 Å². The summed E-state index contributed by atoms with van der Waals surface area (Å²) >= 11 is 0. The summed E-state index contributed by atoms with van der Waals surface area (Å²) in [6, 6.07) is 23.3. The maximum atomic E-state index is 6.74. The van der Waals surface area contributed by atoms with Crippen molar-refractivity contribution in [3.05, 3.63) is 95.5 Å². The van der Waals surface area contributed by atoms with Crippen LogP contribution < -0.4 is 10.2 Å². The number of hydrogen-bond acceptors (Lipinski definition) is 5. The van der Waals surface area contributed by atoms with Gasteiger partial charge in [-0.25, -0.2) is 0 Å². The quantitative estimate of drug-likeness (QED) is 0.663. The van der Waals surface area contributed by atoms with E-state index < -0.39 is 0 Å². The van der Waals surface area contributed by atoms with Crippen molar-refractivity contribution >= 4 is 5.70 Å². The molecule has 1 aromatic heterocycles. The lowest BCUT2D eigenvalue weighted by molar-refractivity contribution is -0.160. The van der Waals surface area contributed by atoms with Gasteiger partial charge >= 0.3 is 0 Å². The van der Waals surface area contributed by atoms with Crippen LogP contribution >= 0.6 is 0 Å². The van der Waals surface area contributed by atoms with E-state index in [9.17, 15) is 0 Å². The fourth-order valence-corrected chi connectivity index (χ4v) is 5.09. The molecule has 1 spiro atoms. The molecular weight excluding hydrogens is 386 g/mol. The van der Waals surface area contributed by atoms with E-state index in [0.717, 1.165) is 55.4 Å². The number of nitrogens with zero attached hydrogens (tertiary/aromatic N) is 2. The largest absolute Gasteiger partial charge is 0.470 e. The zero-order valence-corrected chi connectivity index (χ0v) is 17.8. The van der Waals surface area contributed by atoms with E-state index in [1.54, 1.807) is 0 Å². The summed E-state index contributed by atoms with van der Waals surface area (Å²) in [5, 5.41) is 2.32. The molecule has 1 atom stereocenters. The van der Waals surface area contributed by atoms with Crippen molar-refractivity contribution in [2.75, 3.05) is 13.1 Å². The van der Waals surface area contributed by atoms with Gasteiger partial charge in [-0.1, -0.05) is 48.5 Å². The van der Waals surface area contributed by atoms with Gasteiger partial charge in [0.2, 0.25) is 0 Å². The molecule has 0 unspecified atom stereocenters. The van der Waals surface area contributed by atoms with Crippen molar-refractivity contribution in [2.24, 2.45) is 0 Å². The van der Waals surface area contributed by atoms with E-state index in [4.69, 9.17) is 9.15 Å². The lowest BCUT2D eigenvalue weighted by atomic mass is 9.92. The molecule has 3 aliphatic heterocycles. The van der Waals surface area contributed by atoms with Crippen molar-refractivity contribution in [2.45, 2.75) is 38.1 Å². The number of fused-ring (bicyclic) bond motifs is 4. The summed E-state index contributed by atoms with van der Waals surface area (Å²) in [4.78, 5) is 2.53. The van der Waals surface area contributed by atoms with Gasteiger partial charge in [-0.05, 0) is 36.8 Å². The monoisotopic (exact) mass is 413 g/mol. The Kier molecular flexibility index (Phi) is 4.40. The average molecular weight is 414 g/mol. The first-order valence-electron chi connectivity index (χ1n) is 11.1. The smallest absolute Gasteiger partial charge is 0.182 e. The van der Waals surface area contributed by atoms with Crippen LogP contribution in [0.1, 0.15) is 41.5 Å². The number of likely N-dealkylation sites (tertiary alicyclic amines) is 1. The Balaban J connectivity index is 1.28. The van der Waals surface area contributed by atoms with Gasteiger partial charge in [0.05, 0.1) is 11.7 Å². The SMILES string of the molecule is Cc1ccc(C2=C[C@H]3c4ccccc4OC4(CCN(Cc5ccccc5)CC4)N3N2)o1. The minimum absolute atomic E-state index is 0.131. The second-order valence-electron chi connectivity index (χ2n) is 8.77. The summed E-state index contributed by atoms with van der Waals surface area (Å²) in [7, 11) is 0. The highest BCUT2D eigenvalue weighted by atomic mass is 16.5. The summed E-state index contributed by atoms with van der Waals surface area (Å²) in [5.41, 5.74) is 6.86. The first-order valence-corrected chi connectivity index (χ1v) is 11.1.